The van der Waals surface area contributed by atoms with Crippen LogP contribution < -0.4 is 5.32 Å². The fourth-order valence-corrected chi connectivity index (χ4v) is 3.00. The third-order valence-corrected chi connectivity index (χ3v) is 4.08. The van der Waals surface area contributed by atoms with Gasteiger partial charge in [0.2, 0.25) is 0 Å². The summed E-state index contributed by atoms with van der Waals surface area (Å²) in [7, 11) is 0. The van der Waals surface area contributed by atoms with E-state index in [0.29, 0.717) is 18.7 Å². The molecule has 2 amide bonds. The number of likely N-dealkylation sites (tertiary alicyclic amines) is 1. The van der Waals surface area contributed by atoms with Crippen molar-refractivity contribution in [3.05, 3.63) is 17.0 Å². The molecule has 0 aromatic carbocycles. The molecule has 0 saturated carbocycles. The Morgan fingerprint density at radius 2 is 2.14 bits per heavy atom. The van der Waals surface area contributed by atoms with Gasteiger partial charge < -0.3 is 19.8 Å². The van der Waals surface area contributed by atoms with Gasteiger partial charge in [0.25, 0.3) is 0 Å². The monoisotopic (exact) mass is 295 g/mol. The van der Waals surface area contributed by atoms with E-state index in [0.717, 1.165) is 11.3 Å². The van der Waals surface area contributed by atoms with E-state index in [1.165, 1.54) is 4.90 Å². The summed E-state index contributed by atoms with van der Waals surface area (Å²) in [6.07, 6.45) is 0.699. The van der Waals surface area contributed by atoms with Crippen LogP contribution in [0.2, 0.25) is 0 Å². The van der Waals surface area contributed by atoms with Gasteiger partial charge in [-0.25, -0.2) is 9.59 Å². The van der Waals surface area contributed by atoms with Crippen molar-refractivity contribution in [1.82, 2.24) is 15.4 Å². The third kappa shape index (κ3) is 2.86. The van der Waals surface area contributed by atoms with Gasteiger partial charge in [-0.2, -0.15) is 0 Å². The molecule has 1 aliphatic rings. The molecule has 1 aromatic heterocycles. The van der Waals surface area contributed by atoms with Crippen LogP contribution in [0.15, 0.2) is 4.52 Å². The number of carboxylic acids is 1. The Hall–Kier alpha value is -2.05. The molecule has 2 rings (SSSR count). The van der Waals surface area contributed by atoms with Crippen LogP contribution in [-0.4, -0.2) is 39.8 Å². The molecule has 7 heteroatoms. The van der Waals surface area contributed by atoms with Gasteiger partial charge in [0, 0.05) is 12.1 Å². The lowest BCUT2D eigenvalue weighted by Gasteiger charge is -2.25. The minimum Gasteiger partial charge on any atom is -0.480 e. The first-order valence-corrected chi connectivity index (χ1v) is 7.05. The molecule has 1 fully saturated rings. The summed E-state index contributed by atoms with van der Waals surface area (Å²) in [5.41, 5.74) is 1.56. The summed E-state index contributed by atoms with van der Waals surface area (Å²) < 4.78 is 5.09. The fraction of sp³-hybridized carbons (Fsp3) is 0.643. The lowest BCUT2D eigenvalue weighted by molar-refractivity contribution is -0.142. The lowest BCUT2D eigenvalue weighted by Crippen LogP contribution is -2.48. The maximum absolute atomic E-state index is 12.3. The van der Waals surface area contributed by atoms with Crippen LogP contribution in [0.25, 0.3) is 0 Å². The second kappa shape index (κ2) is 5.75. The second-order valence-electron chi connectivity index (χ2n) is 5.65. The van der Waals surface area contributed by atoms with Crippen LogP contribution in [-0.2, 0) is 4.79 Å². The highest BCUT2D eigenvalue weighted by molar-refractivity contribution is 5.83. The Bertz CT molecular complexity index is 535. The number of aromatic nitrogens is 1. The van der Waals surface area contributed by atoms with Gasteiger partial charge in [0.15, 0.2) is 0 Å². The highest BCUT2D eigenvalue weighted by atomic mass is 16.5. The number of carboxylic acid groups (broad SMARTS) is 1. The van der Waals surface area contributed by atoms with Gasteiger partial charge in [0.1, 0.15) is 11.8 Å². The van der Waals surface area contributed by atoms with Crippen molar-refractivity contribution >= 4 is 12.0 Å². The molecule has 1 aromatic rings. The molecule has 3 unspecified atom stereocenters. The van der Waals surface area contributed by atoms with Gasteiger partial charge in [-0.3, -0.25) is 0 Å². The summed E-state index contributed by atoms with van der Waals surface area (Å²) in [6, 6.07) is -1.41. The SMILES string of the molecule is Cc1noc(C)c1C(C)NC(=O)N1CCC(C)C1C(=O)O. The Labute approximate surface area is 123 Å². The molecule has 1 saturated heterocycles. The number of aliphatic carboxylic acids is 1. The van der Waals surface area contributed by atoms with Crippen molar-refractivity contribution in [3.63, 3.8) is 0 Å². The van der Waals surface area contributed by atoms with Crippen LogP contribution in [0.1, 0.15) is 43.3 Å². The zero-order chi connectivity index (χ0) is 15.7. The minimum atomic E-state index is -0.958. The number of amides is 2. The van der Waals surface area contributed by atoms with Crippen molar-refractivity contribution in [2.75, 3.05) is 6.54 Å². The molecule has 2 N–H and O–H groups in total. The largest absolute Gasteiger partial charge is 0.480 e. The van der Waals surface area contributed by atoms with Crippen molar-refractivity contribution in [2.24, 2.45) is 5.92 Å². The van der Waals surface area contributed by atoms with Gasteiger partial charge in [-0.05, 0) is 33.1 Å². The Morgan fingerprint density at radius 3 is 2.67 bits per heavy atom. The smallest absolute Gasteiger partial charge is 0.326 e. The van der Waals surface area contributed by atoms with E-state index in [9.17, 15) is 14.7 Å². The molecular weight excluding hydrogens is 274 g/mol. The summed E-state index contributed by atoms with van der Waals surface area (Å²) in [4.78, 5) is 25.0. The molecule has 0 spiro atoms. The van der Waals surface area contributed by atoms with Crippen LogP contribution >= 0.6 is 0 Å². The number of carbonyl (C=O) groups is 2. The first kappa shape index (κ1) is 15.3. The average Bonchev–Trinajstić information content (AvgIpc) is 2.92. The maximum atomic E-state index is 12.3. The van der Waals surface area contributed by atoms with E-state index in [-0.39, 0.29) is 18.0 Å². The molecule has 116 valence electrons. The Balaban J connectivity index is 2.09. The Morgan fingerprint density at radius 1 is 1.48 bits per heavy atom. The Kier molecular flexibility index (Phi) is 4.20. The van der Waals surface area contributed by atoms with E-state index < -0.39 is 12.0 Å². The third-order valence-electron chi connectivity index (χ3n) is 4.08. The van der Waals surface area contributed by atoms with E-state index in [4.69, 9.17) is 4.52 Å². The van der Waals surface area contributed by atoms with E-state index in [1.54, 1.807) is 6.92 Å². The molecular formula is C14H21N3O4. The topological polar surface area (TPSA) is 95.7 Å². The first-order valence-electron chi connectivity index (χ1n) is 7.05. The highest BCUT2D eigenvalue weighted by Gasteiger charge is 2.40. The van der Waals surface area contributed by atoms with Gasteiger partial charge >= 0.3 is 12.0 Å². The molecule has 21 heavy (non-hydrogen) atoms. The van der Waals surface area contributed by atoms with Crippen LogP contribution in [0.5, 0.6) is 0 Å². The van der Waals surface area contributed by atoms with Crippen LogP contribution in [0.4, 0.5) is 4.79 Å². The lowest BCUT2D eigenvalue weighted by atomic mass is 10.0. The molecule has 0 radical (unpaired) electrons. The highest BCUT2D eigenvalue weighted by Crippen LogP contribution is 2.26. The van der Waals surface area contributed by atoms with Crippen molar-refractivity contribution in [2.45, 2.75) is 46.2 Å². The van der Waals surface area contributed by atoms with Crippen molar-refractivity contribution in [1.29, 1.82) is 0 Å². The normalized spacial score (nSPS) is 23.1. The molecule has 3 atom stereocenters. The quantitative estimate of drug-likeness (QED) is 0.887. The average molecular weight is 295 g/mol. The van der Waals surface area contributed by atoms with Gasteiger partial charge in [-0.1, -0.05) is 12.1 Å². The summed E-state index contributed by atoms with van der Waals surface area (Å²) >= 11 is 0. The zero-order valence-corrected chi connectivity index (χ0v) is 12.7. The summed E-state index contributed by atoms with van der Waals surface area (Å²) in [6.45, 7) is 7.74. The van der Waals surface area contributed by atoms with Gasteiger partial charge in [-0.15, -0.1) is 0 Å². The van der Waals surface area contributed by atoms with Crippen molar-refractivity contribution in [3.8, 4) is 0 Å². The molecule has 7 nitrogen and oxygen atoms in total. The number of aryl methyl sites for hydroxylation is 2. The summed E-state index contributed by atoms with van der Waals surface area (Å²) in [5.74, 6) is -0.340. The maximum Gasteiger partial charge on any atom is 0.326 e. The van der Waals surface area contributed by atoms with Crippen molar-refractivity contribution < 1.29 is 19.2 Å². The predicted molar refractivity (Wildman–Crippen MR) is 74.8 cm³/mol. The van der Waals surface area contributed by atoms with Gasteiger partial charge in [0.05, 0.1) is 11.7 Å². The van der Waals surface area contributed by atoms with Crippen LogP contribution in [0, 0.1) is 19.8 Å². The van der Waals surface area contributed by atoms with E-state index in [1.807, 2.05) is 20.8 Å². The van der Waals surface area contributed by atoms with E-state index >= 15 is 0 Å². The molecule has 0 aliphatic carbocycles. The standard InChI is InChI=1S/C14H21N3O4/c1-7-5-6-17(12(7)13(18)19)14(20)15-8(2)11-9(3)16-21-10(11)4/h7-8,12H,5-6H2,1-4H3,(H,15,20)(H,18,19). The number of rotatable bonds is 3. The number of nitrogens with one attached hydrogen (secondary N) is 1. The molecule has 2 heterocycles. The minimum absolute atomic E-state index is 0.0392. The number of nitrogens with zero attached hydrogens (tertiary/aromatic N) is 2. The number of carbonyl (C=O) groups excluding carboxylic acids is 1. The zero-order valence-electron chi connectivity index (χ0n) is 12.7. The molecule has 1 aliphatic heterocycles. The second-order valence-corrected chi connectivity index (χ2v) is 5.65. The fourth-order valence-electron chi connectivity index (χ4n) is 3.00. The van der Waals surface area contributed by atoms with Crippen LogP contribution in [0.3, 0.4) is 0 Å². The number of urea groups is 1. The molecule has 0 bridgehead atoms. The first-order chi connectivity index (χ1) is 9.82. The number of hydrogen-bond donors (Lipinski definition) is 2. The van der Waals surface area contributed by atoms with E-state index in [2.05, 4.69) is 10.5 Å². The predicted octanol–water partition coefficient (Wildman–Crippen LogP) is 1.86. The number of hydrogen-bond acceptors (Lipinski definition) is 4. The summed E-state index contributed by atoms with van der Waals surface area (Å²) in [5, 5.41) is 16.0.